The number of carbonyl (C=O) groups excluding carboxylic acids is 4. The molecule has 0 unspecified atom stereocenters. The van der Waals surface area contributed by atoms with Crippen molar-refractivity contribution in [1.82, 2.24) is 25.8 Å². The van der Waals surface area contributed by atoms with Gasteiger partial charge in [-0.3, -0.25) is 9.59 Å². The number of nitrogens with one attached hydrogen (secondary N) is 3. The van der Waals surface area contributed by atoms with Gasteiger partial charge in [0.15, 0.2) is 0 Å². The summed E-state index contributed by atoms with van der Waals surface area (Å²) in [6.45, 7) is 0.874. The highest BCUT2D eigenvalue weighted by Crippen LogP contribution is 2.45. The summed E-state index contributed by atoms with van der Waals surface area (Å²) >= 11 is 0. The number of benzene rings is 1. The van der Waals surface area contributed by atoms with Crippen molar-refractivity contribution in [2.24, 2.45) is 5.92 Å². The number of carbonyl (C=O) groups is 5. The van der Waals surface area contributed by atoms with E-state index in [1.165, 1.54) is 10.5 Å². The van der Waals surface area contributed by atoms with E-state index < -0.39 is 53.6 Å². The lowest BCUT2D eigenvalue weighted by Gasteiger charge is -2.30. The van der Waals surface area contributed by atoms with Crippen molar-refractivity contribution < 1.29 is 33.8 Å². The van der Waals surface area contributed by atoms with E-state index in [0.29, 0.717) is 32.4 Å². The van der Waals surface area contributed by atoms with Gasteiger partial charge in [0.2, 0.25) is 11.8 Å². The third kappa shape index (κ3) is 7.00. The smallest absolute Gasteiger partial charge is 0.410 e. The van der Waals surface area contributed by atoms with E-state index in [0.717, 1.165) is 50.5 Å². The SMILES string of the molecule is O=C(NC1CCCC1)N[C@H]1CCCCC/C=C\[C@H]2C[C@@]2(C(=O)O)NC(=O)[C@@H]2C[C@@H](OC(=O)N3CCc4ccccc4C3)CN2C1=O. The van der Waals surface area contributed by atoms with Gasteiger partial charge in [-0.1, -0.05) is 62.1 Å². The summed E-state index contributed by atoms with van der Waals surface area (Å²) in [5, 5.41) is 18.7. The normalized spacial score (nSPS) is 30.9. The number of carboxylic acids is 1. The molecular weight excluding hydrogens is 590 g/mol. The lowest BCUT2D eigenvalue weighted by Crippen LogP contribution is -2.57. The van der Waals surface area contributed by atoms with E-state index in [1.807, 2.05) is 36.4 Å². The summed E-state index contributed by atoms with van der Waals surface area (Å²) in [6, 6.07) is 5.66. The molecule has 1 saturated heterocycles. The Morgan fingerprint density at radius 3 is 2.52 bits per heavy atom. The molecule has 12 heteroatoms. The Kier molecular flexibility index (Phi) is 9.51. The summed E-state index contributed by atoms with van der Waals surface area (Å²) in [5.41, 5.74) is 0.810. The van der Waals surface area contributed by atoms with Crippen LogP contribution in [0.25, 0.3) is 0 Å². The Bertz CT molecular complexity index is 1380. The number of hydrogen-bond acceptors (Lipinski definition) is 6. The molecule has 5 atom stereocenters. The summed E-state index contributed by atoms with van der Waals surface area (Å²) in [7, 11) is 0. The fraction of sp³-hybridized carbons (Fsp3) is 0.618. The third-order valence-corrected chi connectivity index (χ3v) is 10.3. The van der Waals surface area contributed by atoms with Gasteiger partial charge in [-0.25, -0.2) is 14.4 Å². The van der Waals surface area contributed by atoms with Gasteiger partial charge in [-0.15, -0.1) is 0 Å². The number of aliphatic carboxylic acids is 1. The number of hydrogen-bond donors (Lipinski definition) is 4. The Morgan fingerprint density at radius 2 is 1.74 bits per heavy atom. The molecule has 0 bridgehead atoms. The van der Waals surface area contributed by atoms with Crippen molar-refractivity contribution in [2.75, 3.05) is 13.1 Å². The summed E-state index contributed by atoms with van der Waals surface area (Å²) in [4.78, 5) is 69.6. The molecule has 248 valence electrons. The van der Waals surface area contributed by atoms with Crippen LogP contribution in [0, 0.1) is 5.92 Å². The summed E-state index contributed by atoms with van der Waals surface area (Å²) in [5.74, 6) is -2.49. The second-order valence-corrected chi connectivity index (χ2v) is 13.5. The molecule has 46 heavy (non-hydrogen) atoms. The van der Waals surface area contributed by atoms with Crippen LogP contribution in [0.15, 0.2) is 36.4 Å². The average molecular weight is 636 g/mol. The largest absolute Gasteiger partial charge is 0.479 e. The molecule has 2 aliphatic carbocycles. The van der Waals surface area contributed by atoms with E-state index in [1.54, 1.807) is 4.90 Å². The van der Waals surface area contributed by atoms with Crippen molar-refractivity contribution >= 4 is 29.9 Å². The number of urea groups is 1. The molecule has 5 aliphatic rings. The molecule has 0 radical (unpaired) electrons. The van der Waals surface area contributed by atoms with E-state index in [4.69, 9.17) is 4.74 Å². The monoisotopic (exact) mass is 635 g/mol. The predicted molar refractivity (Wildman–Crippen MR) is 167 cm³/mol. The number of allylic oxidation sites excluding steroid dienone is 1. The number of carboxylic acid groups (broad SMARTS) is 1. The molecular formula is C34H45N5O7. The highest BCUT2D eigenvalue weighted by atomic mass is 16.6. The topological polar surface area (TPSA) is 157 Å². The lowest BCUT2D eigenvalue weighted by molar-refractivity contribution is -0.145. The first-order chi connectivity index (χ1) is 22.2. The second-order valence-electron chi connectivity index (χ2n) is 13.5. The van der Waals surface area contributed by atoms with Gasteiger partial charge in [0.1, 0.15) is 23.7 Å². The molecule has 1 aromatic rings. The Balaban J connectivity index is 1.20. The predicted octanol–water partition coefficient (Wildman–Crippen LogP) is 3.24. The maximum atomic E-state index is 14.2. The maximum absolute atomic E-state index is 14.2. The number of nitrogens with zero attached hydrogens (tertiary/aromatic N) is 2. The van der Waals surface area contributed by atoms with Crippen LogP contribution in [0.3, 0.4) is 0 Å². The second kappa shape index (κ2) is 13.7. The van der Waals surface area contributed by atoms with Gasteiger partial charge in [0, 0.05) is 31.5 Å². The molecule has 2 saturated carbocycles. The van der Waals surface area contributed by atoms with E-state index >= 15 is 0 Å². The van der Waals surface area contributed by atoms with Crippen LogP contribution in [-0.2, 0) is 32.1 Å². The fourth-order valence-electron chi connectivity index (χ4n) is 7.47. The molecule has 12 nitrogen and oxygen atoms in total. The highest BCUT2D eigenvalue weighted by Gasteiger charge is 2.61. The van der Waals surface area contributed by atoms with Crippen LogP contribution in [0.1, 0.15) is 81.8 Å². The molecule has 5 amide bonds. The molecule has 6 rings (SSSR count). The van der Waals surface area contributed by atoms with Crippen molar-refractivity contribution in [2.45, 2.75) is 113 Å². The molecule has 4 N–H and O–H groups in total. The van der Waals surface area contributed by atoms with Gasteiger partial charge >= 0.3 is 18.1 Å². The number of rotatable bonds is 4. The van der Waals surface area contributed by atoms with Gasteiger partial charge in [0.25, 0.3) is 0 Å². The Hall–Kier alpha value is -4.09. The zero-order valence-electron chi connectivity index (χ0n) is 26.2. The Labute approximate surface area is 269 Å². The van der Waals surface area contributed by atoms with Crippen LogP contribution in [0.2, 0.25) is 0 Å². The molecule has 3 heterocycles. The van der Waals surface area contributed by atoms with E-state index in [-0.39, 0.29) is 31.3 Å². The number of fused-ring (bicyclic) bond motifs is 3. The molecule has 0 spiro atoms. The number of amides is 5. The number of ether oxygens (including phenoxy) is 1. The van der Waals surface area contributed by atoms with E-state index in [9.17, 15) is 29.1 Å². The summed E-state index contributed by atoms with van der Waals surface area (Å²) < 4.78 is 5.91. The summed E-state index contributed by atoms with van der Waals surface area (Å²) in [6.07, 6.45) is 11.0. The van der Waals surface area contributed by atoms with Crippen molar-refractivity contribution in [3.05, 3.63) is 47.5 Å². The average Bonchev–Trinajstić information content (AvgIpc) is 3.32. The van der Waals surface area contributed by atoms with Crippen LogP contribution in [0.4, 0.5) is 9.59 Å². The molecule has 3 aliphatic heterocycles. The van der Waals surface area contributed by atoms with Gasteiger partial charge < -0.3 is 35.6 Å². The lowest BCUT2D eigenvalue weighted by atomic mass is 10.0. The minimum atomic E-state index is -1.43. The fourth-order valence-corrected chi connectivity index (χ4v) is 7.47. The molecule has 0 aromatic heterocycles. The molecule has 1 aromatic carbocycles. The van der Waals surface area contributed by atoms with Crippen LogP contribution in [-0.4, -0.2) is 87.7 Å². The minimum absolute atomic E-state index is 0.0289. The standard InChI is InChI=1S/C34H45N5O7/c40-29-28-18-26(46-33(45)38-17-16-22-10-6-7-11-23(22)20-38)21-39(28)30(41)27(36-32(44)35-25-13-8-9-14-25)15-5-3-1-2-4-12-24-19-34(24,37-29)31(42)43/h4,6-7,10-12,24-28H,1-3,5,8-9,13-21H2,(H,37,40)(H,42,43)(H2,35,36,44)/b12-4-/t24-,26+,27-,28-,34+/m0/s1. The van der Waals surface area contributed by atoms with Crippen molar-refractivity contribution in [1.29, 1.82) is 0 Å². The Morgan fingerprint density at radius 1 is 0.978 bits per heavy atom. The first-order valence-corrected chi connectivity index (χ1v) is 16.9. The zero-order valence-corrected chi connectivity index (χ0v) is 26.2. The van der Waals surface area contributed by atoms with Crippen LogP contribution < -0.4 is 16.0 Å². The first-order valence-electron chi connectivity index (χ1n) is 16.9. The van der Waals surface area contributed by atoms with E-state index in [2.05, 4.69) is 16.0 Å². The van der Waals surface area contributed by atoms with Crippen molar-refractivity contribution in [3.8, 4) is 0 Å². The van der Waals surface area contributed by atoms with Crippen LogP contribution >= 0.6 is 0 Å². The minimum Gasteiger partial charge on any atom is -0.479 e. The van der Waals surface area contributed by atoms with Gasteiger partial charge in [-0.05, 0) is 56.1 Å². The molecule has 3 fully saturated rings. The zero-order chi connectivity index (χ0) is 32.3. The van der Waals surface area contributed by atoms with Crippen molar-refractivity contribution in [3.63, 3.8) is 0 Å². The quantitative estimate of drug-likeness (QED) is 0.370. The third-order valence-electron chi connectivity index (χ3n) is 10.3. The van der Waals surface area contributed by atoms with Gasteiger partial charge in [0.05, 0.1) is 6.54 Å². The maximum Gasteiger partial charge on any atom is 0.410 e. The first kappa shape index (κ1) is 31.9. The van der Waals surface area contributed by atoms with Crippen LogP contribution in [0.5, 0.6) is 0 Å². The van der Waals surface area contributed by atoms with Gasteiger partial charge in [-0.2, -0.15) is 0 Å². The highest BCUT2D eigenvalue weighted by molar-refractivity contribution is 5.96.